The van der Waals surface area contributed by atoms with E-state index in [1.54, 1.807) is 24.3 Å². The summed E-state index contributed by atoms with van der Waals surface area (Å²) in [5.74, 6) is -1.39. The number of carbonyl (C=O) groups excluding carboxylic acids is 1. The van der Waals surface area contributed by atoms with Gasteiger partial charge in [0.15, 0.2) is 11.6 Å². The van der Waals surface area contributed by atoms with Crippen LogP contribution in [0.25, 0.3) is 22.8 Å². The Labute approximate surface area is 199 Å². The van der Waals surface area contributed by atoms with Gasteiger partial charge in [-0.15, -0.1) is 0 Å². The molecule has 1 heterocycles. The number of carboxylic acid groups (broad SMARTS) is 1. The average molecular weight is 440 g/mol. The van der Waals surface area contributed by atoms with Crippen LogP contribution in [0, 0.1) is 5.82 Å². The van der Waals surface area contributed by atoms with Gasteiger partial charge in [-0.3, -0.25) is 0 Å². The number of rotatable bonds is 6. The van der Waals surface area contributed by atoms with Crippen molar-refractivity contribution >= 4 is 17.6 Å². The second kappa shape index (κ2) is 9.70. The molecular formula is C20H16ClFN3NaO4. The molecule has 30 heavy (non-hydrogen) atoms. The molecule has 1 aromatic heterocycles. The van der Waals surface area contributed by atoms with Crippen LogP contribution in [0.5, 0.6) is 11.8 Å². The number of halogens is 2. The molecule has 7 nitrogen and oxygen atoms in total. The molecule has 0 aliphatic carbocycles. The Morgan fingerprint density at radius 1 is 1.10 bits per heavy atom. The fourth-order valence-electron chi connectivity index (χ4n) is 2.39. The maximum atomic E-state index is 13.9. The topological polar surface area (TPSA) is 97.3 Å². The fraction of sp³-hybridized carbons (Fsp3) is 0.200. The van der Waals surface area contributed by atoms with Crippen molar-refractivity contribution in [2.45, 2.75) is 19.4 Å². The molecule has 10 heteroatoms. The first-order valence-corrected chi connectivity index (χ1v) is 8.84. The molecule has 0 atom stereocenters. The number of aliphatic carboxylic acids is 1. The standard InChI is InChI=1S/C20H17ClFN3O4.Na/c1-20(2,18(26)27)29-19-24-16(11-8-9-13(21)14(22)10-11)23-17(25-19)12-6-4-5-7-15(12)28-3;/h4-10H,1-3H3,(H,26,27);/q;+1/p-1. The Kier molecular flexibility index (Phi) is 7.76. The van der Waals surface area contributed by atoms with Gasteiger partial charge in [-0.1, -0.05) is 23.7 Å². The molecule has 0 spiro atoms. The third-order valence-corrected chi connectivity index (χ3v) is 4.29. The Bertz CT molecular complexity index is 1080. The van der Waals surface area contributed by atoms with Crippen LogP contribution in [0.4, 0.5) is 4.39 Å². The van der Waals surface area contributed by atoms with Gasteiger partial charge in [-0.25, -0.2) is 9.37 Å². The molecule has 0 fully saturated rings. The van der Waals surface area contributed by atoms with E-state index >= 15 is 0 Å². The summed E-state index contributed by atoms with van der Waals surface area (Å²) in [7, 11) is 1.49. The van der Waals surface area contributed by atoms with Gasteiger partial charge in [0.25, 0.3) is 0 Å². The largest absolute Gasteiger partial charge is 1.00 e. The summed E-state index contributed by atoms with van der Waals surface area (Å²) in [4.78, 5) is 24.0. The first kappa shape index (κ1) is 24.0. The quantitative estimate of drug-likeness (QED) is 0.495. The van der Waals surface area contributed by atoms with E-state index in [4.69, 9.17) is 21.1 Å². The minimum Gasteiger partial charge on any atom is -0.546 e. The van der Waals surface area contributed by atoms with E-state index in [2.05, 4.69) is 15.0 Å². The molecule has 0 saturated heterocycles. The van der Waals surface area contributed by atoms with Crippen molar-refractivity contribution in [3.05, 3.63) is 53.3 Å². The molecule has 0 unspecified atom stereocenters. The second-order valence-electron chi connectivity index (χ2n) is 6.49. The maximum absolute atomic E-state index is 13.9. The molecule has 0 aliphatic heterocycles. The number of carbonyl (C=O) groups is 1. The smallest absolute Gasteiger partial charge is 0.546 e. The molecule has 0 radical (unpaired) electrons. The number of nitrogens with zero attached hydrogens (tertiary/aromatic N) is 3. The Hall–Kier alpha value is -2.26. The van der Waals surface area contributed by atoms with Crippen molar-refractivity contribution < 1.29 is 53.3 Å². The van der Waals surface area contributed by atoms with Crippen molar-refractivity contribution in [1.29, 1.82) is 0 Å². The van der Waals surface area contributed by atoms with Gasteiger partial charge >= 0.3 is 35.6 Å². The molecule has 0 N–H and O–H groups in total. The molecule has 2 aromatic carbocycles. The van der Waals surface area contributed by atoms with Crippen LogP contribution in [-0.2, 0) is 4.79 Å². The van der Waals surface area contributed by atoms with Gasteiger partial charge in [0.1, 0.15) is 17.2 Å². The SMILES string of the molecule is COc1ccccc1-c1nc(OC(C)(C)C(=O)[O-])nc(-c2ccc(Cl)c(F)c2)n1.[Na+]. The molecule has 0 bridgehead atoms. The first-order valence-electron chi connectivity index (χ1n) is 8.46. The zero-order valence-electron chi connectivity index (χ0n) is 16.8. The Balaban J connectivity index is 0.00000320. The van der Waals surface area contributed by atoms with E-state index < -0.39 is 17.4 Å². The summed E-state index contributed by atoms with van der Waals surface area (Å²) in [6.07, 6.45) is 0. The van der Waals surface area contributed by atoms with Gasteiger partial charge in [-0.2, -0.15) is 9.97 Å². The van der Waals surface area contributed by atoms with E-state index in [-0.39, 0.29) is 52.2 Å². The molecule has 3 rings (SSSR count). The average Bonchev–Trinajstić information content (AvgIpc) is 2.69. The molecule has 0 saturated carbocycles. The normalized spacial score (nSPS) is 10.8. The summed E-state index contributed by atoms with van der Waals surface area (Å²) in [6, 6.07) is 10.8. The van der Waals surface area contributed by atoms with Crippen LogP contribution < -0.4 is 44.1 Å². The van der Waals surface area contributed by atoms with Crippen molar-refractivity contribution in [3.63, 3.8) is 0 Å². The number of hydrogen-bond donors (Lipinski definition) is 0. The van der Waals surface area contributed by atoms with Crippen molar-refractivity contribution in [1.82, 2.24) is 15.0 Å². The molecule has 150 valence electrons. The summed E-state index contributed by atoms with van der Waals surface area (Å²) in [5, 5.41) is 11.3. The maximum Gasteiger partial charge on any atom is 1.00 e. The fourth-order valence-corrected chi connectivity index (χ4v) is 2.50. The minimum absolute atomic E-state index is 0. The number of ether oxygens (including phenoxy) is 2. The summed E-state index contributed by atoms with van der Waals surface area (Å²) >= 11 is 5.75. The van der Waals surface area contributed by atoms with E-state index in [1.165, 1.54) is 33.1 Å². The van der Waals surface area contributed by atoms with Crippen LogP contribution >= 0.6 is 11.6 Å². The number of aromatic nitrogens is 3. The predicted octanol–water partition coefficient (Wildman–Crippen LogP) is -0.0820. The number of carboxylic acids is 1. The summed E-state index contributed by atoms with van der Waals surface area (Å²) < 4.78 is 24.7. The third-order valence-electron chi connectivity index (χ3n) is 3.98. The molecule has 3 aromatic rings. The first-order chi connectivity index (χ1) is 13.7. The third kappa shape index (κ3) is 5.26. The predicted molar refractivity (Wildman–Crippen MR) is 102 cm³/mol. The second-order valence-corrected chi connectivity index (χ2v) is 6.90. The van der Waals surface area contributed by atoms with Crippen LogP contribution in [0.3, 0.4) is 0 Å². The van der Waals surface area contributed by atoms with Gasteiger partial charge in [0.05, 0.1) is 23.7 Å². The zero-order valence-corrected chi connectivity index (χ0v) is 19.5. The van der Waals surface area contributed by atoms with E-state index in [0.29, 0.717) is 16.9 Å². The van der Waals surface area contributed by atoms with Crippen LogP contribution in [0.1, 0.15) is 13.8 Å². The van der Waals surface area contributed by atoms with E-state index in [9.17, 15) is 14.3 Å². The van der Waals surface area contributed by atoms with Crippen LogP contribution in [0.2, 0.25) is 5.02 Å². The van der Waals surface area contributed by atoms with Crippen LogP contribution in [-0.4, -0.2) is 33.6 Å². The zero-order chi connectivity index (χ0) is 21.2. The summed E-state index contributed by atoms with van der Waals surface area (Å²) in [6.45, 7) is 2.60. The Morgan fingerprint density at radius 3 is 2.40 bits per heavy atom. The van der Waals surface area contributed by atoms with Crippen molar-refractivity contribution in [2.75, 3.05) is 7.11 Å². The number of hydrogen-bond acceptors (Lipinski definition) is 7. The molecule has 0 aliphatic rings. The number of methoxy groups -OCH3 is 1. The van der Waals surface area contributed by atoms with Crippen LogP contribution in [0.15, 0.2) is 42.5 Å². The van der Waals surface area contributed by atoms with Gasteiger partial charge in [0, 0.05) is 5.56 Å². The van der Waals surface area contributed by atoms with Gasteiger partial charge in [0.2, 0.25) is 0 Å². The minimum atomic E-state index is -1.71. The van der Waals surface area contributed by atoms with Gasteiger partial charge in [-0.05, 0) is 44.2 Å². The van der Waals surface area contributed by atoms with Crippen molar-refractivity contribution in [2.24, 2.45) is 0 Å². The molecular weight excluding hydrogens is 424 g/mol. The molecule has 0 amide bonds. The van der Waals surface area contributed by atoms with E-state index in [0.717, 1.165) is 6.07 Å². The van der Waals surface area contributed by atoms with E-state index in [1.807, 2.05) is 0 Å². The van der Waals surface area contributed by atoms with Crippen molar-refractivity contribution in [3.8, 4) is 34.5 Å². The Morgan fingerprint density at radius 2 is 1.77 bits per heavy atom. The number of benzene rings is 2. The summed E-state index contributed by atoms with van der Waals surface area (Å²) in [5.41, 5.74) is -0.882. The monoisotopic (exact) mass is 439 g/mol. The number of para-hydroxylation sites is 1. The van der Waals surface area contributed by atoms with Gasteiger partial charge < -0.3 is 19.4 Å².